The Morgan fingerprint density at radius 1 is 1.06 bits per heavy atom. The lowest BCUT2D eigenvalue weighted by molar-refractivity contribution is -0.384. The molecule has 2 aromatic carbocycles. The number of nitro groups is 1. The van der Waals surface area contributed by atoms with Gasteiger partial charge in [0.15, 0.2) is 0 Å². The van der Waals surface area contributed by atoms with Crippen LogP contribution in [-0.4, -0.2) is 38.3 Å². The number of anilines is 1. The zero-order chi connectivity index (χ0) is 25.5. The van der Waals surface area contributed by atoms with Gasteiger partial charge in [-0.3, -0.25) is 19.2 Å². The van der Waals surface area contributed by atoms with Crippen LogP contribution in [0.15, 0.2) is 53.6 Å². The van der Waals surface area contributed by atoms with Gasteiger partial charge in [-0.1, -0.05) is 12.1 Å². The van der Waals surface area contributed by atoms with E-state index in [1.165, 1.54) is 74.6 Å². The number of nitrogens with zero attached hydrogens (tertiary/aromatic N) is 3. The summed E-state index contributed by atoms with van der Waals surface area (Å²) in [5, 5.41) is 14.6. The molecular weight excluding hydrogens is 480 g/mol. The number of amides is 1. The number of carbonyl (C=O) groups is 1. The number of sulfonamides is 1. The second kappa shape index (κ2) is 9.31. The van der Waals surface area contributed by atoms with E-state index in [-0.39, 0.29) is 11.1 Å². The number of benzene rings is 2. The van der Waals surface area contributed by atoms with E-state index in [0.717, 1.165) is 28.3 Å². The Labute approximate surface area is 210 Å². The van der Waals surface area contributed by atoms with E-state index in [0.29, 0.717) is 11.3 Å². The summed E-state index contributed by atoms with van der Waals surface area (Å²) in [4.78, 5) is 22.7. The molecule has 0 aromatic heterocycles. The fraction of sp³-hybridized carbons (Fsp3) is 0.462. The molecule has 0 spiro atoms. The quantitative estimate of drug-likeness (QED) is 0.327. The van der Waals surface area contributed by atoms with Crippen molar-refractivity contribution in [1.29, 1.82) is 0 Å². The highest BCUT2D eigenvalue weighted by molar-refractivity contribution is 7.92. The van der Waals surface area contributed by atoms with Crippen LogP contribution < -0.4 is 9.73 Å². The zero-order valence-corrected chi connectivity index (χ0v) is 21.0. The lowest BCUT2D eigenvalue weighted by Gasteiger charge is -2.57. The summed E-state index contributed by atoms with van der Waals surface area (Å²) < 4.78 is 26.1. The first-order valence-corrected chi connectivity index (χ1v) is 14.1. The van der Waals surface area contributed by atoms with Gasteiger partial charge in [-0.05, 0) is 97.1 Å². The molecule has 4 fully saturated rings. The normalized spacial score (nSPS) is 26.8. The molecule has 9 nitrogen and oxygen atoms in total. The number of non-ortho nitro benzene ring substituents is 1. The van der Waals surface area contributed by atoms with E-state index >= 15 is 0 Å². The van der Waals surface area contributed by atoms with E-state index in [1.807, 2.05) is 24.3 Å². The zero-order valence-electron chi connectivity index (χ0n) is 20.2. The molecule has 0 aliphatic heterocycles. The maximum absolute atomic E-state index is 12.5. The molecule has 2 aromatic rings. The summed E-state index contributed by atoms with van der Waals surface area (Å²) in [6.07, 6.45) is 10.2. The molecule has 36 heavy (non-hydrogen) atoms. The molecule has 1 amide bonds. The summed E-state index contributed by atoms with van der Waals surface area (Å²) in [5.74, 6) is 1.86. The van der Waals surface area contributed by atoms with Gasteiger partial charge >= 0.3 is 0 Å². The van der Waals surface area contributed by atoms with Crippen molar-refractivity contribution in [2.75, 3.05) is 17.1 Å². The third kappa shape index (κ3) is 5.00. The largest absolute Gasteiger partial charge is 0.271 e. The lowest BCUT2D eigenvalue weighted by Crippen LogP contribution is -2.48. The predicted octanol–water partition coefficient (Wildman–Crippen LogP) is 3.98. The van der Waals surface area contributed by atoms with Gasteiger partial charge < -0.3 is 0 Å². The molecule has 0 atom stereocenters. The Balaban J connectivity index is 1.26. The molecule has 4 saturated carbocycles. The molecule has 0 saturated heterocycles. The number of hydrogen-bond donors (Lipinski definition) is 1. The maximum Gasteiger partial charge on any atom is 0.269 e. The molecule has 6 rings (SSSR count). The number of carbonyl (C=O) groups excluding carboxylic acids is 1. The van der Waals surface area contributed by atoms with Crippen LogP contribution in [0.5, 0.6) is 0 Å². The van der Waals surface area contributed by atoms with Crippen molar-refractivity contribution in [2.24, 2.45) is 22.9 Å². The second-order valence-corrected chi connectivity index (χ2v) is 12.6. The first-order valence-electron chi connectivity index (χ1n) is 12.3. The van der Waals surface area contributed by atoms with Gasteiger partial charge in [0.05, 0.1) is 23.1 Å². The average molecular weight is 511 g/mol. The van der Waals surface area contributed by atoms with Crippen LogP contribution in [0.3, 0.4) is 0 Å². The Bertz CT molecular complexity index is 1250. The monoisotopic (exact) mass is 510 g/mol. The van der Waals surface area contributed by atoms with Crippen LogP contribution in [0, 0.1) is 27.9 Å². The Kier molecular flexibility index (Phi) is 6.32. The molecule has 4 bridgehead atoms. The fourth-order valence-electron chi connectivity index (χ4n) is 6.87. The molecule has 4 aliphatic rings. The van der Waals surface area contributed by atoms with Crippen molar-refractivity contribution >= 4 is 33.5 Å². The van der Waals surface area contributed by atoms with E-state index in [4.69, 9.17) is 0 Å². The minimum Gasteiger partial charge on any atom is -0.271 e. The molecular formula is C26H30N4O5S. The van der Waals surface area contributed by atoms with Crippen LogP contribution in [0.4, 0.5) is 11.4 Å². The fourth-order valence-corrected chi connectivity index (χ4v) is 7.73. The number of nitro benzene ring substituents is 1. The van der Waals surface area contributed by atoms with Crippen LogP contribution >= 0.6 is 0 Å². The van der Waals surface area contributed by atoms with Gasteiger partial charge in [0.25, 0.3) is 11.6 Å². The summed E-state index contributed by atoms with van der Waals surface area (Å²) in [7, 11) is -3.70. The standard InChI is InChI=1S/C26H30N4O5S/c1-36(34,35)29(17-25(31)28-27-16-18-2-6-24(7-3-18)30(32)33)23-8-4-22(5-9-23)26-13-19-10-20(14-26)12-21(11-19)15-26/h2-9,16,19-21H,10-15,17H2,1H3,(H,28,31)/b27-16-. The van der Waals surface area contributed by atoms with Gasteiger partial charge in [-0.25, -0.2) is 13.8 Å². The first-order chi connectivity index (χ1) is 17.1. The summed E-state index contributed by atoms with van der Waals surface area (Å²) in [5.41, 5.74) is 4.79. The number of hydrogen-bond acceptors (Lipinski definition) is 6. The highest BCUT2D eigenvalue weighted by Crippen LogP contribution is 2.60. The van der Waals surface area contributed by atoms with Crippen molar-refractivity contribution < 1.29 is 18.1 Å². The molecule has 4 aliphatic carbocycles. The van der Waals surface area contributed by atoms with E-state index in [9.17, 15) is 23.3 Å². The van der Waals surface area contributed by atoms with Gasteiger partial charge in [-0.15, -0.1) is 0 Å². The van der Waals surface area contributed by atoms with Crippen LogP contribution in [0.2, 0.25) is 0 Å². The number of nitrogens with one attached hydrogen (secondary N) is 1. The van der Waals surface area contributed by atoms with Gasteiger partial charge in [0.2, 0.25) is 10.0 Å². The van der Waals surface area contributed by atoms with Gasteiger partial charge in [0.1, 0.15) is 6.54 Å². The van der Waals surface area contributed by atoms with Crippen LogP contribution in [0.1, 0.15) is 49.7 Å². The Morgan fingerprint density at radius 3 is 2.11 bits per heavy atom. The topological polar surface area (TPSA) is 122 Å². The average Bonchev–Trinajstić information content (AvgIpc) is 2.81. The third-order valence-electron chi connectivity index (χ3n) is 8.00. The Morgan fingerprint density at radius 2 is 1.61 bits per heavy atom. The number of rotatable bonds is 8. The van der Waals surface area contributed by atoms with Gasteiger partial charge in [0, 0.05) is 12.1 Å². The second-order valence-electron chi connectivity index (χ2n) is 10.7. The smallest absolute Gasteiger partial charge is 0.269 e. The highest BCUT2D eigenvalue weighted by Gasteiger charge is 2.51. The van der Waals surface area contributed by atoms with Crippen molar-refractivity contribution in [3.63, 3.8) is 0 Å². The van der Waals surface area contributed by atoms with E-state index < -0.39 is 27.4 Å². The molecule has 0 heterocycles. The molecule has 10 heteroatoms. The van der Waals surface area contributed by atoms with Crippen LogP contribution in [0.25, 0.3) is 0 Å². The minimum absolute atomic E-state index is 0.0470. The minimum atomic E-state index is -3.70. The summed E-state index contributed by atoms with van der Waals surface area (Å²) >= 11 is 0. The van der Waals surface area contributed by atoms with Crippen molar-refractivity contribution in [3.8, 4) is 0 Å². The molecule has 0 radical (unpaired) electrons. The summed E-state index contributed by atoms with van der Waals surface area (Å²) in [6.45, 7) is -0.410. The van der Waals surface area contributed by atoms with E-state index in [1.54, 1.807) is 0 Å². The van der Waals surface area contributed by atoms with Gasteiger partial charge in [-0.2, -0.15) is 5.10 Å². The summed E-state index contributed by atoms with van der Waals surface area (Å²) in [6, 6.07) is 13.4. The number of hydrazone groups is 1. The molecule has 0 unspecified atom stereocenters. The maximum atomic E-state index is 12.5. The molecule has 190 valence electrons. The van der Waals surface area contributed by atoms with Crippen molar-refractivity contribution in [2.45, 2.75) is 43.9 Å². The van der Waals surface area contributed by atoms with Crippen LogP contribution in [-0.2, 0) is 20.2 Å². The Hall–Kier alpha value is -3.27. The third-order valence-corrected chi connectivity index (χ3v) is 9.14. The molecule has 1 N–H and O–H groups in total. The van der Waals surface area contributed by atoms with Crippen molar-refractivity contribution in [3.05, 3.63) is 69.8 Å². The predicted molar refractivity (Wildman–Crippen MR) is 137 cm³/mol. The van der Waals surface area contributed by atoms with Crippen molar-refractivity contribution in [1.82, 2.24) is 5.43 Å². The highest BCUT2D eigenvalue weighted by atomic mass is 32.2. The lowest BCUT2D eigenvalue weighted by atomic mass is 9.48. The van der Waals surface area contributed by atoms with E-state index in [2.05, 4.69) is 10.5 Å². The first kappa shape index (κ1) is 24.4. The SMILES string of the molecule is CS(=O)(=O)N(CC(=O)N/N=C\c1ccc([N+](=O)[O-])cc1)c1ccc(C23CC4CC(CC(C4)C2)C3)cc1.